The summed E-state index contributed by atoms with van der Waals surface area (Å²) in [6.07, 6.45) is 8.32. The number of rotatable bonds is 10. The van der Waals surface area contributed by atoms with Gasteiger partial charge >= 0.3 is 11.9 Å². The van der Waals surface area contributed by atoms with E-state index in [4.69, 9.17) is 30.6 Å². The number of Topliss-reactive ketones (excluding diaryl/α,β-unsaturated/α-hetero) is 4. The molecule has 0 saturated heterocycles. The summed E-state index contributed by atoms with van der Waals surface area (Å²) >= 11 is 0. The second kappa shape index (κ2) is 16.2. The number of carbonyl (C=O) groups is 6. The summed E-state index contributed by atoms with van der Waals surface area (Å²) < 4.78 is 12.6. The Balaban J connectivity index is 1.02. The van der Waals surface area contributed by atoms with Gasteiger partial charge in [-0.3, -0.25) is 19.2 Å². The Morgan fingerprint density at radius 1 is 0.600 bits per heavy atom. The fraction of sp³-hybridized carbons (Fsp3) is 0.783. The third kappa shape index (κ3) is 6.90. The van der Waals surface area contributed by atoms with Crippen LogP contribution in [0, 0.1) is 69.0 Å². The number of carbonyl (C=O) groups excluding carboxylic acids is 6. The van der Waals surface area contributed by atoms with Crippen LogP contribution in [0.1, 0.15) is 118 Å². The van der Waals surface area contributed by atoms with Gasteiger partial charge in [-0.25, -0.2) is 9.59 Å². The van der Waals surface area contributed by atoms with Gasteiger partial charge in [-0.05, 0) is 86.9 Å². The molecule has 4 unspecified atom stereocenters. The molecule has 328 valence electrons. The van der Waals surface area contributed by atoms with Crippen molar-refractivity contribution in [2.75, 3.05) is 26.3 Å². The maximum Gasteiger partial charge on any atom is 0.331 e. The van der Waals surface area contributed by atoms with Crippen molar-refractivity contribution in [2.24, 2.45) is 90.8 Å². The summed E-state index contributed by atoms with van der Waals surface area (Å²) in [6.45, 7) is 9.34. The molecule has 8 aliphatic carbocycles. The molecule has 60 heavy (non-hydrogen) atoms. The molecule has 0 spiro atoms. The Bertz CT molecular complexity index is 1760. The summed E-state index contributed by atoms with van der Waals surface area (Å²) in [5.74, 6) is -1.68. The lowest BCUT2D eigenvalue weighted by atomic mass is 9.44. The van der Waals surface area contributed by atoms with E-state index in [9.17, 15) is 28.8 Å². The highest BCUT2D eigenvalue weighted by Gasteiger charge is 2.67. The topological polar surface area (TPSA) is 216 Å². The SMILES string of the molecule is C[C@]12C(CC(=O)[C@@H]3[C@H]1CC[C@]1(C)C(=O)CC[C@@H]31)CC(=NOCCN)CC2OC(=O)/C=C/C(=O)OC1CC(=NOCCN)CC2CC(=O)[C@@H]3[C@@H](CC[C@]4(C)C(=O)CC[C@@H]34)[C@]21C. The van der Waals surface area contributed by atoms with Crippen LogP contribution in [0.25, 0.3) is 0 Å². The van der Waals surface area contributed by atoms with Gasteiger partial charge in [-0.2, -0.15) is 0 Å². The summed E-state index contributed by atoms with van der Waals surface area (Å²) in [5.41, 5.74) is 10.5. The zero-order chi connectivity index (χ0) is 42.8. The Morgan fingerprint density at radius 3 is 1.38 bits per heavy atom. The Morgan fingerprint density at radius 2 is 1.00 bits per heavy atom. The van der Waals surface area contributed by atoms with Crippen molar-refractivity contribution in [2.45, 2.75) is 130 Å². The fourth-order valence-corrected chi connectivity index (χ4v) is 14.5. The maximum atomic E-state index is 14.0. The number of ketones is 4. The van der Waals surface area contributed by atoms with Crippen LogP contribution in [0.5, 0.6) is 0 Å². The second-order valence-electron chi connectivity index (χ2n) is 20.3. The Hall–Kier alpha value is -3.78. The fourth-order valence-electron chi connectivity index (χ4n) is 14.5. The number of nitrogens with zero attached hydrogens (tertiary/aromatic N) is 2. The van der Waals surface area contributed by atoms with Gasteiger partial charge in [0.2, 0.25) is 0 Å². The number of fused-ring (bicyclic) bond motifs is 10. The monoisotopic (exact) mass is 832 g/mol. The lowest BCUT2D eigenvalue weighted by molar-refractivity contribution is -0.183. The zero-order valence-corrected chi connectivity index (χ0v) is 35.8. The average Bonchev–Trinajstić information content (AvgIpc) is 3.69. The molecule has 8 rings (SSSR count). The van der Waals surface area contributed by atoms with E-state index in [-0.39, 0.29) is 96.8 Å². The minimum absolute atomic E-state index is 0.0293. The first-order valence-electron chi connectivity index (χ1n) is 22.6. The van der Waals surface area contributed by atoms with E-state index in [1.165, 1.54) is 0 Å². The first kappa shape index (κ1) is 42.9. The molecule has 0 bridgehead atoms. The molecule has 14 atom stereocenters. The van der Waals surface area contributed by atoms with Gasteiger partial charge in [0.15, 0.2) is 0 Å². The van der Waals surface area contributed by atoms with Crippen LogP contribution in [0.2, 0.25) is 0 Å². The molecule has 0 aromatic carbocycles. The van der Waals surface area contributed by atoms with Crippen LogP contribution < -0.4 is 11.5 Å². The van der Waals surface area contributed by atoms with E-state index in [2.05, 4.69) is 24.2 Å². The third-order valence-electron chi connectivity index (χ3n) is 17.8. The molecular weight excluding hydrogens is 769 g/mol. The van der Waals surface area contributed by atoms with Crippen molar-refractivity contribution in [3.05, 3.63) is 12.2 Å². The second-order valence-corrected chi connectivity index (χ2v) is 20.3. The van der Waals surface area contributed by atoms with E-state index in [1.807, 2.05) is 13.8 Å². The molecule has 8 aliphatic rings. The van der Waals surface area contributed by atoms with Crippen molar-refractivity contribution in [1.29, 1.82) is 0 Å². The molecule has 8 fully saturated rings. The molecule has 0 aliphatic heterocycles. The van der Waals surface area contributed by atoms with Crippen LogP contribution in [0.4, 0.5) is 0 Å². The molecule has 4 N–H and O–H groups in total. The zero-order valence-electron chi connectivity index (χ0n) is 35.8. The molecule has 14 heteroatoms. The van der Waals surface area contributed by atoms with Gasteiger partial charge in [-0.1, -0.05) is 38.0 Å². The van der Waals surface area contributed by atoms with Crippen LogP contribution in [-0.4, -0.2) is 85.0 Å². The van der Waals surface area contributed by atoms with Crippen molar-refractivity contribution >= 4 is 46.5 Å². The standard InChI is InChI=1S/C46H64N4O10/c1-43-13-11-31-41(29(43)5-7-35(43)53)33(51)21-25-19-27(49-57-17-15-47)23-37(45(25,31)3)59-39(55)9-10-40(56)60-38-24-28(50-58-18-16-48)20-26-22-34(52)42-30-6-8-36(54)44(30,2)14-12-32(42)46(26,38)4/h9-10,25-26,29-32,37-38,41-42H,5-8,11-24,47-48H2,1-4H3/b10-9+,49-27?,50-28?/t25?,26?,29-,30-,31+,32+,37?,38?,41-,42-,43-,44-,45-,46-/m0/s1. The van der Waals surface area contributed by atoms with Crippen LogP contribution in [0.3, 0.4) is 0 Å². The van der Waals surface area contributed by atoms with Gasteiger partial charge in [-0.15, -0.1) is 0 Å². The largest absolute Gasteiger partial charge is 0.458 e. The Labute approximate surface area is 352 Å². The van der Waals surface area contributed by atoms with Crippen LogP contribution in [-0.2, 0) is 47.9 Å². The molecule has 0 heterocycles. The molecule has 0 radical (unpaired) electrons. The summed E-state index contributed by atoms with van der Waals surface area (Å²) in [7, 11) is 0. The number of ether oxygens (including phenoxy) is 2. The summed E-state index contributed by atoms with van der Waals surface area (Å²) in [5, 5.41) is 8.71. The lowest BCUT2D eigenvalue weighted by Crippen LogP contribution is -2.62. The number of hydrogen-bond donors (Lipinski definition) is 2. The van der Waals surface area contributed by atoms with Gasteiger partial charge < -0.3 is 30.6 Å². The number of oxime groups is 2. The van der Waals surface area contributed by atoms with Crippen molar-refractivity contribution < 1.29 is 47.9 Å². The molecule has 0 aromatic rings. The normalized spacial score (nSPS) is 44.7. The smallest absolute Gasteiger partial charge is 0.331 e. The van der Waals surface area contributed by atoms with E-state index in [0.29, 0.717) is 101 Å². The van der Waals surface area contributed by atoms with E-state index < -0.39 is 45.8 Å². The van der Waals surface area contributed by atoms with Crippen molar-refractivity contribution in [3.8, 4) is 0 Å². The summed E-state index contributed by atoms with van der Waals surface area (Å²) in [4.78, 5) is 92.8. The van der Waals surface area contributed by atoms with Gasteiger partial charge in [0.1, 0.15) is 48.6 Å². The predicted molar refractivity (Wildman–Crippen MR) is 219 cm³/mol. The minimum Gasteiger partial charge on any atom is -0.458 e. The molecule has 0 aromatic heterocycles. The van der Waals surface area contributed by atoms with E-state index in [0.717, 1.165) is 12.2 Å². The van der Waals surface area contributed by atoms with Crippen LogP contribution >= 0.6 is 0 Å². The number of nitrogens with two attached hydrogens (primary N) is 2. The van der Waals surface area contributed by atoms with E-state index in [1.54, 1.807) is 0 Å². The van der Waals surface area contributed by atoms with Gasteiger partial charge in [0.25, 0.3) is 0 Å². The molecule has 14 nitrogen and oxygen atoms in total. The molecule has 8 saturated carbocycles. The van der Waals surface area contributed by atoms with Crippen molar-refractivity contribution in [3.63, 3.8) is 0 Å². The first-order valence-corrected chi connectivity index (χ1v) is 22.6. The third-order valence-corrected chi connectivity index (χ3v) is 17.8. The molecular formula is C46H64N4O10. The van der Waals surface area contributed by atoms with Crippen molar-refractivity contribution in [1.82, 2.24) is 0 Å². The maximum absolute atomic E-state index is 14.0. The lowest BCUT2D eigenvalue weighted by Gasteiger charge is -2.60. The summed E-state index contributed by atoms with van der Waals surface area (Å²) in [6, 6.07) is 0. The van der Waals surface area contributed by atoms with Gasteiger partial charge in [0, 0.05) is 97.3 Å². The highest BCUT2D eigenvalue weighted by atomic mass is 16.6. The number of hydrogen-bond acceptors (Lipinski definition) is 14. The highest BCUT2D eigenvalue weighted by Crippen LogP contribution is 2.66. The van der Waals surface area contributed by atoms with Crippen LogP contribution in [0.15, 0.2) is 22.5 Å². The first-order chi connectivity index (χ1) is 28.6. The quantitative estimate of drug-likeness (QED) is 0.131. The Kier molecular flexibility index (Phi) is 11.6. The highest BCUT2D eigenvalue weighted by molar-refractivity contribution is 5.95. The van der Waals surface area contributed by atoms with E-state index >= 15 is 0 Å². The average molecular weight is 833 g/mol. The number of esters is 2. The van der Waals surface area contributed by atoms with Gasteiger partial charge in [0.05, 0.1) is 11.4 Å². The minimum atomic E-state index is -0.711. The predicted octanol–water partition coefficient (Wildman–Crippen LogP) is 4.83. The molecule has 0 amide bonds.